The third-order valence-corrected chi connectivity index (χ3v) is 5.19. The Labute approximate surface area is 111 Å². The van der Waals surface area contributed by atoms with Gasteiger partial charge in [-0.3, -0.25) is 4.79 Å². The molecule has 0 radical (unpaired) electrons. The lowest BCUT2D eigenvalue weighted by molar-refractivity contribution is 0.102. The molecular weight excluding hydrogens is 274 g/mol. The second-order valence-corrected chi connectivity index (χ2v) is 6.64. The van der Waals surface area contributed by atoms with Crippen molar-refractivity contribution in [2.24, 2.45) is 0 Å². The van der Waals surface area contributed by atoms with Crippen molar-refractivity contribution < 1.29 is 4.79 Å². The SMILES string of the molecule is CCc1ccc(C(=O)CSc2nnc(N)s2)s1. The van der Waals surface area contributed by atoms with Gasteiger partial charge < -0.3 is 5.73 Å². The third-order valence-electron chi connectivity index (χ3n) is 2.03. The molecule has 0 aliphatic heterocycles. The molecule has 7 heteroatoms. The summed E-state index contributed by atoms with van der Waals surface area (Å²) in [6.45, 7) is 2.08. The lowest BCUT2D eigenvalue weighted by atomic mass is 10.3. The smallest absolute Gasteiger partial charge is 0.203 e. The maximum atomic E-state index is 11.9. The highest BCUT2D eigenvalue weighted by Gasteiger charge is 2.11. The molecule has 2 aromatic rings. The van der Waals surface area contributed by atoms with Crippen molar-refractivity contribution in [2.75, 3.05) is 11.5 Å². The summed E-state index contributed by atoms with van der Waals surface area (Å²) in [5, 5.41) is 8.00. The first-order valence-corrected chi connectivity index (χ1v) is 7.64. The molecule has 2 rings (SSSR count). The van der Waals surface area contributed by atoms with Crippen molar-refractivity contribution >= 4 is 45.4 Å². The van der Waals surface area contributed by atoms with Gasteiger partial charge in [-0.25, -0.2) is 0 Å². The predicted octanol–water partition coefficient (Wildman–Crippen LogP) is 2.72. The number of nitrogen functional groups attached to an aromatic ring is 1. The number of carbonyl (C=O) groups excluding carboxylic acids is 1. The fraction of sp³-hybridized carbons (Fsp3) is 0.300. The number of ketones is 1. The summed E-state index contributed by atoms with van der Waals surface area (Å²) in [5.74, 6) is 0.520. The van der Waals surface area contributed by atoms with Gasteiger partial charge in [-0.2, -0.15) is 0 Å². The number of Topliss-reactive ketones (excluding diaryl/α,β-unsaturated/α-hetero) is 1. The summed E-state index contributed by atoms with van der Waals surface area (Å²) < 4.78 is 0.739. The Bertz CT molecular complexity index is 520. The molecule has 0 spiro atoms. The van der Waals surface area contributed by atoms with Gasteiger partial charge in [-0.15, -0.1) is 21.5 Å². The molecule has 0 unspecified atom stereocenters. The first-order valence-electron chi connectivity index (χ1n) is 5.02. The minimum Gasteiger partial charge on any atom is -0.374 e. The molecule has 4 nitrogen and oxygen atoms in total. The Morgan fingerprint density at radius 2 is 2.24 bits per heavy atom. The summed E-state index contributed by atoms with van der Waals surface area (Å²) in [5.41, 5.74) is 5.47. The van der Waals surface area contributed by atoms with E-state index >= 15 is 0 Å². The molecule has 2 aromatic heterocycles. The van der Waals surface area contributed by atoms with Crippen LogP contribution in [0, 0.1) is 0 Å². The molecule has 2 N–H and O–H groups in total. The molecule has 0 atom stereocenters. The Morgan fingerprint density at radius 1 is 1.41 bits per heavy atom. The van der Waals surface area contributed by atoms with Crippen molar-refractivity contribution in [1.29, 1.82) is 0 Å². The largest absolute Gasteiger partial charge is 0.374 e. The number of thioether (sulfide) groups is 1. The van der Waals surface area contributed by atoms with Crippen molar-refractivity contribution in [2.45, 2.75) is 17.7 Å². The van der Waals surface area contributed by atoms with Gasteiger partial charge in [0.25, 0.3) is 0 Å². The zero-order chi connectivity index (χ0) is 12.3. The molecule has 2 heterocycles. The number of aromatic nitrogens is 2. The van der Waals surface area contributed by atoms with Crippen LogP contribution in [0.3, 0.4) is 0 Å². The first-order chi connectivity index (χ1) is 8.19. The van der Waals surface area contributed by atoms with Crippen LogP contribution >= 0.6 is 34.4 Å². The number of nitrogens with two attached hydrogens (primary N) is 1. The molecule has 90 valence electrons. The molecule has 0 aromatic carbocycles. The Balaban J connectivity index is 1.93. The molecule has 0 amide bonds. The van der Waals surface area contributed by atoms with Gasteiger partial charge in [-0.05, 0) is 18.6 Å². The normalized spacial score (nSPS) is 10.6. The van der Waals surface area contributed by atoms with Crippen LogP contribution < -0.4 is 5.73 Å². The fourth-order valence-electron chi connectivity index (χ4n) is 1.19. The van der Waals surface area contributed by atoms with Gasteiger partial charge in [0.05, 0.1) is 10.6 Å². The molecule has 0 saturated carbocycles. The number of anilines is 1. The molecular formula is C10H11N3OS3. The second-order valence-electron chi connectivity index (χ2n) is 3.24. The highest BCUT2D eigenvalue weighted by atomic mass is 32.2. The molecule has 0 fully saturated rings. The number of carbonyl (C=O) groups is 1. The second kappa shape index (κ2) is 5.61. The van der Waals surface area contributed by atoms with E-state index in [1.54, 1.807) is 11.3 Å². The lowest BCUT2D eigenvalue weighted by Gasteiger charge is -1.94. The number of thiophene rings is 1. The Kier molecular flexibility index (Phi) is 4.14. The zero-order valence-corrected chi connectivity index (χ0v) is 11.6. The van der Waals surface area contributed by atoms with E-state index in [0.717, 1.165) is 15.6 Å². The number of hydrogen-bond donors (Lipinski definition) is 1. The van der Waals surface area contributed by atoms with Gasteiger partial charge in [0, 0.05) is 4.88 Å². The van der Waals surface area contributed by atoms with Crippen LogP contribution in [0.2, 0.25) is 0 Å². The van der Waals surface area contributed by atoms with Crippen LogP contribution in [0.1, 0.15) is 21.5 Å². The van der Waals surface area contributed by atoms with Crippen LogP contribution in [0.5, 0.6) is 0 Å². The number of aryl methyl sites for hydroxylation is 1. The summed E-state index contributed by atoms with van der Waals surface area (Å²) in [7, 11) is 0. The summed E-state index contributed by atoms with van der Waals surface area (Å²) in [4.78, 5) is 13.9. The Hall–Kier alpha value is -0.920. The van der Waals surface area contributed by atoms with Gasteiger partial charge in [0.1, 0.15) is 0 Å². The van der Waals surface area contributed by atoms with E-state index in [4.69, 9.17) is 5.73 Å². The molecule has 0 aliphatic rings. The van der Waals surface area contributed by atoms with E-state index in [1.165, 1.54) is 28.0 Å². The molecule has 17 heavy (non-hydrogen) atoms. The van der Waals surface area contributed by atoms with Crippen LogP contribution in [0.25, 0.3) is 0 Å². The predicted molar refractivity (Wildman–Crippen MR) is 73.1 cm³/mol. The average molecular weight is 285 g/mol. The third kappa shape index (κ3) is 3.27. The minimum atomic E-state index is 0.133. The van der Waals surface area contributed by atoms with Crippen LogP contribution in [0.15, 0.2) is 16.5 Å². The van der Waals surface area contributed by atoms with E-state index < -0.39 is 0 Å². The maximum Gasteiger partial charge on any atom is 0.203 e. The monoisotopic (exact) mass is 285 g/mol. The summed E-state index contributed by atoms with van der Waals surface area (Å²) in [6.07, 6.45) is 0.970. The van der Waals surface area contributed by atoms with Crippen molar-refractivity contribution in [3.8, 4) is 0 Å². The van der Waals surface area contributed by atoms with E-state index in [1.807, 2.05) is 12.1 Å². The zero-order valence-electron chi connectivity index (χ0n) is 9.17. The van der Waals surface area contributed by atoms with Crippen LogP contribution in [-0.2, 0) is 6.42 Å². The fourth-order valence-corrected chi connectivity index (χ4v) is 3.69. The highest BCUT2D eigenvalue weighted by molar-refractivity contribution is 8.01. The van der Waals surface area contributed by atoms with Gasteiger partial charge in [-0.1, -0.05) is 30.0 Å². The van der Waals surface area contributed by atoms with Gasteiger partial charge in [0.2, 0.25) is 5.13 Å². The quantitative estimate of drug-likeness (QED) is 0.675. The Morgan fingerprint density at radius 3 is 2.82 bits per heavy atom. The van der Waals surface area contributed by atoms with E-state index in [-0.39, 0.29) is 5.78 Å². The molecule has 0 aliphatic carbocycles. The van der Waals surface area contributed by atoms with E-state index in [2.05, 4.69) is 17.1 Å². The standard InChI is InChI=1S/C10H11N3OS3/c1-2-6-3-4-8(16-6)7(14)5-15-10-13-12-9(11)17-10/h3-4H,2,5H2,1H3,(H2,11,12). The molecule has 0 saturated heterocycles. The lowest BCUT2D eigenvalue weighted by Crippen LogP contribution is -1.98. The van der Waals surface area contributed by atoms with Gasteiger partial charge in [0.15, 0.2) is 10.1 Å². The first kappa shape index (κ1) is 12.5. The van der Waals surface area contributed by atoms with E-state index in [9.17, 15) is 4.79 Å². The van der Waals surface area contributed by atoms with Crippen molar-refractivity contribution in [3.05, 3.63) is 21.9 Å². The van der Waals surface area contributed by atoms with E-state index in [0.29, 0.717) is 10.9 Å². The van der Waals surface area contributed by atoms with Crippen LogP contribution in [-0.4, -0.2) is 21.7 Å². The average Bonchev–Trinajstić information content (AvgIpc) is 2.94. The van der Waals surface area contributed by atoms with Gasteiger partial charge >= 0.3 is 0 Å². The highest BCUT2D eigenvalue weighted by Crippen LogP contribution is 2.25. The summed E-state index contributed by atoms with van der Waals surface area (Å²) in [6, 6.07) is 3.90. The number of nitrogens with zero attached hydrogens (tertiary/aromatic N) is 2. The topological polar surface area (TPSA) is 68.9 Å². The van der Waals surface area contributed by atoms with Crippen molar-refractivity contribution in [1.82, 2.24) is 10.2 Å². The summed E-state index contributed by atoms with van der Waals surface area (Å²) >= 11 is 4.25. The number of rotatable bonds is 5. The van der Waals surface area contributed by atoms with Crippen molar-refractivity contribution in [3.63, 3.8) is 0 Å². The molecule has 0 bridgehead atoms. The van der Waals surface area contributed by atoms with Crippen LogP contribution in [0.4, 0.5) is 5.13 Å². The minimum absolute atomic E-state index is 0.133. The number of hydrogen-bond acceptors (Lipinski definition) is 7. The maximum absolute atomic E-state index is 11.9.